The lowest BCUT2D eigenvalue weighted by Gasteiger charge is -2.60. The van der Waals surface area contributed by atoms with Crippen LogP contribution in [0.1, 0.15) is 53.4 Å². The van der Waals surface area contributed by atoms with Crippen molar-refractivity contribution in [1.29, 1.82) is 0 Å². The van der Waals surface area contributed by atoms with Gasteiger partial charge in [0.15, 0.2) is 6.29 Å². The fourth-order valence-corrected chi connectivity index (χ4v) is 6.00. The Morgan fingerprint density at radius 1 is 1.00 bits per heavy atom. The molecule has 3 rings (SSSR count). The van der Waals surface area contributed by atoms with Crippen molar-refractivity contribution in [3.8, 4) is 0 Å². The Morgan fingerprint density at radius 2 is 1.66 bits per heavy atom. The Labute approximate surface area is 172 Å². The lowest BCUT2D eigenvalue weighted by Crippen LogP contribution is -2.66. The lowest BCUT2D eigenvalue weighted by atomic mass is 9.50. The van der Waals surface area contributed by atoms with Crippen molar-refractivity contribution < 1.29 is 40.1 Å². The number of ether oxygens (including phenoxy) is 2. The molecule has 0 spiro atoms. The average Bonchev–Trinajstić information content (AvgIpc) is 2.65. The normalized spacial score (nSPS) is 53.7. The zero-order valence-corrected chi connectivity index (χ0v) is 17.8. The van der Waals surface area contributed by atoms with E-state index in [-0.39, 0.29) is 11.8 Å². The molecule has 3 aliphatic rings. The molecule has 1 heterocycles. The Morgan fingerprint density at radius 3 is 2.24 bits per heavy atom. The first-order chi connectivity index (χ1) is 13.4. The standard InChI is InChI=1S/C21H38O8/c1-10(2)11-5-7-20(3)13(23)6-8-21(4,27)18(20)17(11)29-19-16(26)15(25)14(24)12(9-22)28-19/h10-19,22-27H,5-9H2,1-4H3/t11-,12-,13+,14-,15+,16-,17-,18-,19+,20-,21+/m0/s1. The topological polar surface area (TPSA) is 140 Å². The Kier molecular flexibility index (Phi) is 6.69. The molecule has 3 fully saturated rings. The van der Waals surface area contributed by atoms with E-state index in [0.717, 1.165) is 12.8 Å². The minimum Gasteiger partial charge on any atom is -0.394 e. The summed E-state index contributed by atoms with van der Waals surface area (Å²) in [5.74, 6) is -0.117. The Balaban J connectivity index is 1.94. The smallest absolute Gasteiger partial charge is 0.186 e. The van der Waals surface area contributed by atoms with Crippen LogP contribution in [-0.4, -0.2) is 85.8 Å². The fraction of sp³-hybridized carbons (Fsp3) is 1.00. The average molecular weight is 419 g/mol. The van der Waals surface area contributed by atoms with Crippen LogP contribution in [0.5, 0.6) is 0 Å². The molecule has 0 amide bonds. The van der Waals surface area contributed by atoms with Crippen LogP contribution in [0.2, 0.25) is 0 Å². The summed E-state index contributed by atoms with van der Waals surface area (Å²) in [5, 5.41) is 62.2. The van der Waals surface area contributed by atoms with Crippen molar-refractivity contribution in [3.63, 3.8) is 0 Å². The Hall–Kier alpha value is -0.320. The van der Waals surface area contributed by atoms with Crippen LogP contribution in [0.4, 0.5) is 0 Å². The van der Waals surface area contributed by atoms with Gasteiger partial charge in [-0.2, -0.15) is 0 Å². The van der Waals surface area contributed by atoms with E-state index in [0.29, 0.717) is 12.8 Å². The van der Waals surface area contributed by atoms with E-state index in [1.165, 1.54) is 0 Å². The fourth-order valence-electron chi connectivity index (χ4n) is 6.00. The summed E-state index contributed by atoms with van der Waals surface area (Å²) >= 11 is 0. The van der Waals surface area contributed by atoms with Gasteiger partial charge < -0.3 is 40.1 Å². The quantitative estimate of drug-likeness (QED) is 0.368. The van der Waals surface area contributed by atoms with Gasteiger partial charge in [0.25, 0.3) is 0 Å². The molecule has 0 radical (unpaired) electrons. The molecule has 170 valence electrons. The lowest BCUT2D eigenvalue weighted by molar-refractivity contribution is -0.338. The van der Waals surface area contributed by atoms with E-state index in [9.17, 15) is 30.6 Å². The third kappa shape index (κ3) is 3.99. The van der Waals surface area contributed by atoms with Crippen molar-refractivity contribution in [2.24, 2.45) is 23.2 Å². The molecule has 0 aromatic rings. The van der Waals surface area contributed by atoms with Crippen molar-refractivity contribution in [2.75, 3.05) is 6.61 Å². The maximum Gasteiger partial charge on any atom is 0.186 e. The van der Waals surface area contributed by atoms with Gasteiger partial charge in [-0.3, -0.25) is 0 Å². The van der Waals surface area contributed by atoms with Crippen molar-refractivity contribution in [3.05, 3.63) is 0 Å². The van der Waals surface area contributed by atoms with Crippen LogP contribution in [-0.2, 0) is 9.47 Å². The molecular formula is C21H38O8. The summed E-state index contributed by atoms with van der Waals surface area (Å²) in [7, 11) is 0. The van der Waals surface area contributed by atoms with Gasteiger partial charge in [0.1, 0.15) is 24.4 Å². The van der Waals surface area contributed by atoms with E-state index in [1.54, 1.807) is 6.92 Å². The molecule has 1 aliphatic heterocycles. The van der Waals surface area contributed by atoms with Crippen molar-refractivity contribution in [2.45, 2.75) is 102 Å². The minimum atomic E-state index is -1.52. The molecule has 0 bridgehead atoms. The summed E-state index contributed by atoms with van der Waals surface area (Å²) in [6, 6.07) is 0. The minimum absolute atomic E-state index is 0.0530. The highest BCUT2D eigenvalue weighted by Crippen LogP contribution is 2.57. The van der Waals surface area contributed by atoms with Gasteiger partial charge in [0.05, 0.1) is 24.4 Å². The van der Waals surface area contributed by atoms with E-state index < -0.39 is 66.5 Å². The highest BCUT2D eigenvalue weighted by atomic mass is 16.7. The largest absolute Gasteiger partial charge is 0.394 e. The molecule has 1 saturated heterocycles. The van der Waals surface area contributed by atoms with Crippen LogP contribution in [0.3, 0.4) is 0 Å². The van der Waals surface area contributed by atoms with Gasteiger partial charge in [-0.15, -0.1) is 0 Å². The van der Waals surface area contributed by atoms with Crippen molar-refractivity contribution >= 4 is 0 Å². The molecule has 11 atom stereocenters. The second kappa shape index (κ2) is 8.31. The van der Waals surface area contributed by atoms with Gasteiger partial charge in [0, 0.05) is 11.3 Å². The third-order valence-corrected chi connectivity index (χ3v) is 7.83. The van der Waals surface area contributed by atoms with Crippen LogP contribution in [0, 0.1) is 23.2 Å². The highest BCUT2D eigenvalue weighted by molar-refractivity contribution is 5.09. The third-order valence-electron chi connectivity index (χ3n) is 7.83. The second-order valence-corrected chi connectivity index (χ2v) is 10.1. The van der Waals surface area contributed by atoms with E-state index in [1.807, 2.05) is 6.92 Å². The summed E-state index contributed by atoms with van der Waals surface area (Å²) in [6.07, 6.45) is -5.37. The van der Waals surface area contributed by atoms with Crippen LogP contribution in [0.25, 0.3) is 0 Å². The zero-order chi connectivity index (χ0) is 21.7. The number of aliphatic hydroxyl groups excluding tert-OH is 5. The van der Waals surface area contributed by atoms with E-state index in [2.05, 4.69) is 13.8 Å². The number of hydrogen-bond acceptors (Lipinski definition) is 8. The molecule has 29 heavy (non-hydrogen) atoms. The first-order valence-electron chi connectivity index (χ1n) is 10.8. The van der Waals surface area contributed by atoms with Gasteiger partial charge in [-0.25, -0.2) is 0 Å². The molecule has 0 aromatic carbocycles. The molecule has 2 aliphatic carbocycles. The predicted molar refractivity (Wildman–Crippen MR) is 104 cm³/mol. The number of rotatable bonds is 4. The first kappa shape index (κ1) is 23.3. The monoisotopic (exact) mass is 418 g/mol. The maximum atomic E-state index is 11.3. The molecule has 8 nitrogen and oxygen atoms in total. The number of aliphatic hydroxyl groups is 6. The van der Waals surface area contributed by atoms with Crippen LogP contribution in [0.15, 0.2) is 0 Å². The van der Waals surface area contributed by atoms with Crippen LogP contribution >= 0.6 is 0 Å². The molecule has 2 saturated carbocycles. The van der Waals surface area contributed by atoms with E-state index in [4.69, 9.17) is 9.47 Å². The van der Waals surface area contributed by atoms with Crippen LogP contribution < -0.4 is 0 Å². The summed E-state index contributed by atoms with van der Waals surface area (Å²) in [6.45, 7) is 7.38. The van der Waals surface area contributed by atoms with E-state index >= 15 is 0 Å². The van der Waals surface area contributed by atoms with Gasteiger partial charge in [-0.05, 0) is 44.4 Å². The maximum absolute atomic E-state index is 11.3. The van der Waals surface area contributed by atoms with Crippen molar-refractivity contribution in [1.82, 2.24) is 0 Å². The predicted octanol–water partition coefficient (Wildman–Crippen LogP) is -0.234. The van der Waals surface area contributed by atoms with Gasteiger partial charge in [0.2, 0.25) is 0 Å². The van der Waals surface area contributed by atoms with Gasteiger partial charge >= 0.3 is 0 Å². The molecular weight excluding hydrogens is 380 g/mol. The Bertz CT molecular complexity index is 567. The molecule has 0 aromatic heterocycles. The first-order valence-corrected chi connectivity index (χ1v) is 10.8. The summed E-state index contributed by atoms with van der Waals surface area (Å²) in [5.41, 5.74) is -1.62. The number of hydrogen-bond donors (Lipinski definition) is 6. The zero-order valence-electron chi connectivity index (χ0n) is 17.8. The molecule has 6 N–H and O–H groups in total. The summed E-state index contributed by atoms with van der Waals surface area (Å²) < 4.78 is 11.9. The second-order valence-electron chi connectivity index (χ2n) is 10.1. The number of fused-ring (bicyclic) bond motifs is 1. The highest BCUT2D eigenvalue weighted by Gasteiger charge is 2.61. The molecule has 8 heteroatoms. The SMILES string of the molecule is CC(C)[C@@H]1CC[C@@]2(C)[C@H](O)CC[C@@](C)(O)[C@H]2[C@H]1O[C@H]1O[C@@H](CO)[C@H](O)[C@@H](O)[C@@H]1O. The van der Waals surface area contributed by atoms with Gasteiger partial charge in [-0.1, -0.05) is 20.8 Å². The molecule has 0 unspecified atom stereocenters. The summed E-state index contributed by atoms with van der Waals surface area (Å²) in [4.78, 5) is 0.